The first kappa shape index (κ1) is 14.8. The first-order valence-corrected chi connectivity index (χ1v) is 8.25. The van der Waals surface area contributed by atoms with E-state index in [1.54, 1.807) is 22.8 Å². The van der Waals surface area contributed by atoms with Gasteiger partial charge in [0.25, 0.3) is 5.91 Å². The Kier molecular flexibility index (Phi) is 3.52. The number of carbonyl (C=O) groups is 1. The Balaban J connectivity index is 1.67. The predicted octanol–water partition coefficient (Wildman–Crippen LogP) is 3.00. The van der Waals surface area contributed by atoms with Gasteiger partial charge in [-0.25, -0.2) is 4.98 Å². The Labute approximate surface area is 140 Å². The van der Waals surface area contributed by atoms with Crippen LogP contribution in [0, 0.1) is 0 Å². The fraction of sp³-hybridized carbons (Fsp3) is 0.333. The van der Waals surface area contributed by atoms with Gasteiger partial charge in [-0.2, -0.15) is 5.10 Å². The monoisotopic (exact) mass is 321 g/mol. The van der Waals surface area contributed by atoms with Crippen molar-refractivity contribution in [1.82, 2.24) is 19.7 Å². The van der Waals surface area contributed by atoms with E-state index >= 15 is 0 Å². The molecule has 0 spiro atoms. The van der Waals surface area contributed by atoms with Crippen LogP contribution in [-0.4, -0.2) is 32.7 Å². The number of carbonyl (C=O) groups excluding carboxylic acids is 1. The number of aryl methyl sites for hydroxylation is 1. The van der Waals surface area contributed by atoms with Gasteiger partial charge in [0, 0.05) is 19.5 Å². The van der Waals surface area contributed by atoms with Gasteiger partial charge in [0.2, 0.25) is 0 Å². The molecule has 1 aromatic carbocycles. The predicted molar refractivity (Wildman–Crippen MR) is 92.1 cm³/mol. The first-order chi connectivity index (χ1) is 11.7. The second-order valence-corrected chi connectivity index (χ2v) is 6.13. The number of hydrogen-bond donors (Lipinski definition) is 0. The molecule has 0 unspecified atom stereocenters. The van der Waals surface area contributed by atoms with E-state index in [9.17, 15) is 4.79 Å². The molecular formula is C18H19N5O. The maximum atomic E-state index is 12.9. The summed E-state index contributed by atoms with van der Waals surface area (Å²) >= 11 is 0. The van der Waals surface area contributed by atoms with Gasteiger partial charge in [0.1, 0.15) is 5.69 Å². The van der Waals surface area contributed by atoms with Crippen LogP contribution in [-0.2, 0) is 6.54 Å². The number of amides is 1. The molecule has 1 aliphatic rings. The number of hydrogen-bond acceptors (Lipinski definition) is 4. The van der Waals surface area contributed by atoms with E-state index in [0.29, 0.717) is 24.0 Å². The van der Waals surface area contributed by atoms with Crippen molar-refractivity contribution >= 4 is 22.8 Å². The summed E-state index contributed by atoms with van der Waals surface area (Å²) in [7, 11) is 1.73. The molecule has 1 saturated carbocycles. The number of fused-ring (bicyclic) bond motifs is 1. The molecule has 2 aromatic heterocycles. The lowest BCUT2D eigenvalue weighted by molar-refractivity contribution is 0.0982. The van der Waals surface area contributed by atoms with Gasteiger partial charge >= 0.3 is 0 Å². The highest BCUT2D eigenvalue weighted by Gasteiger charge is 2.29. The molecule has 1 amide bonds. The average Bonchev–Trinajstić information content (AvgIpc) is 3.39. The smallest absolute Gasteiger partial charge is 0.277 e. The number of para-hydroxylation sites is 2. The van der Waals surface area contributed by atoms with Crippen LogP contribution in [0.15, 0.2) is 36.5 Å². The summed E-state index contributed by atoms with van der Waals surface area (Å²) in [5.74, 6) is 0.950. The van der Waals surface area contributed by atoms with Crippen molar-refractivity contribution in [2.24, 2.45) is 0 Å². The third-order valence-electron chi connectivity index (χ3n) is 4.40. The molecule has 1 aliphatic carbocycles. The maximum absolute atomic E-state index is 12.9. The molecule has 122 valence electrons. The molecule has 1 fully saturated rings. The molecule has 0 saturated heterocycles. The molecule has 3 aromatic rings. The van der Waals surface area contributed by atoms with Crippen molar-refractivity contribution in [3.8, 4) is 0 Å². The molecule has 6 heteroatoms. The Bertz CT molecular complexity index is 913. The van der Waals surface area contributed by atoms with Gasteiger partial charge in [0.05, 0.1) is 22.9 Å². The lowest BCUT2D eigenvalue weighted by atomic mass is 10.2. The molecule has 24 heavy (non-hydrogen) atoms. The number of benzene rings is 1. The Morgan fingerprint density at radius 1 is 1.29 bits per heavy atom. The summed E-state index contributed by atoms with van der Waals surface area (Å²) in [6, 6.07) is 9.56. The van der Waals surface area contributed by atoms with Gasteiger partial charge in [-0.05, 0) is 38.0 Å². The summed E-state index contributed by atoms with van der Waals surface area (Å²) in [4.78, 5) is 23.4. The molecule has 6 nitrogen and oxygen atoms in total. The minimum absolute atomic E-state index is 0.110. The summed E-state index contributed by atoms with van der Waals surface area (Å²) in [6.07, 6.45) is 3.97. The topological polar surface area (TPSA) is 63.9 Å². The van der Waals surface area contributed by atoms with E-state index in [2.05, 4.69) is 15.1 Å². The minimum Gasteiger partial charge on any atom is -0.293 e. The Hall–Kier alpha value is -2.76. The second kappa shape index (κ2) is 5.70. The first-order valence-electron chi connectivity index (χ1n) is 8.25. The van der Waals surface area contributed by atoms with Crippen LogP contribution in [0.5, 0.6) is 0 Å². The summed E-state index contributed by atoms with van der Waals surface area (Å²) in [5.41, 5.74) is 3.23. The molecule has 0 N–H and O–H groups in total. The van der Waals surface area contributed by atoms with Crippen molar-refractivity contribution in [1.29, 1.82) is 0 Å². The third kappa shape index (κ3) is 2.54. The van der Waals surface area contributed by atoms with Crippen molar-refractivity contribution in [2.45, 2.75) is 32.2 Å². The summed E-state index contributed by atoms with van der Waals surface area (Å²) < 4.78 is 1.78. The van der Waals surface area contributed by atoms with Crippen LogP contribution < -0.4 is 4.90 Å². The lowest BCUT2D eigenvalue weighted by Gasteiger charge is -2.16. The molecule has 0 atom stereocenters. The molecule has 4 rings (SSSR count). The van der Waals surface area contributed by atoms with Crippen molar-refractivity contribution in [3.05, 3.63) is 47.9 Å². The van der Waals surface area contributed by atoms with Crippen molar-refractivity contribution in [3.63, 3.8) is 0 Å². The summed E-state index contributed by atoms with van der Waals surface area (Å²) in [5, 5.41) is 4.57. The zero-order valence-electron chi connectivity index (χ0n) is 13.8. The van der Waals surface area contributed by atoms with E-state index < -0.39 is 0 Å². The second-order valence-electron chi connectivity index (χ2n) is 6.13. The SMILES string of the molecule is CCn1nc(C2CC2)cc1C(=O)N(C)c1cnc2ccccc2n1. The lowest BCUT2D eigenvalue weighted by Crippen LogP contribution is -2.29. The van der Waals surface area contributed by atoms with E-state index in [1.165, 1.54) is 12.8 Å². The number of nitrogens with zero attached hydrogens (tertiary/aromatic N) is 5. The van der Waals surface area contributed by atoms with E-state index in [0.717, 1.165) is 16.7 Å². The number of aromatic nitrogens is 4. The van der Waals surface area contributed by atoms with Gasteiger partial charge in [-0.1, -0.05) is 12.1 Å². The van der Waals surface area contributed by atoms with E-state index in [-0.39, 0.29) is 5.91 Å². The average molecular weight is 321 g/mol. The third-order valence-corrected chi connectivity index (χ3v) is 4.40. The number of rotatable bonds is 4. The van der Waals surface area contributed by atoms with Gasteiger partial charge in [-0.3, -0.25) is 19.4 Å². The maximum Gasteiger partial charge on any atom is 0.277 e. The van der Waals surface area contributed by atoms with E-state index in [4.69, 9.17) is 0 Å². The molecule has 2 heterocycles. The molecular weight excluding hydrogens is 302 g/mol. The van der Waals surface area contributed by atoms with Crippen LogP contribution in [0.25, 0.3) is 11.0 Å². The highest BCUT2D eigenvalue weighted by Crippen LogP contribution is 2.39. The zero-order chi connectivity index (χ0) is 16.7. The van der Waals surface area contributed by atoms with Gasteiger partial charge < -0.3 is 0 Å². The van der Waals surface area contributed by atoms with Crippen molar-refractivity contribution < 1.29 is 4.79 Å². The van der Waals surface area contributed by atoms with Gasteiger partial charge in [-0.15, -0.1) is 0 Å². The normalized spacial score (nSPS) is 14.1. The Morgan fingerprint density at radius 2 is 2.04 bits per heavy atom. The van der Waals surface area contributed by atoms with Crippen LogP contribution in [0.3, 0.4) is 0 Å². The van der Waals surface area contributed by atoms with Crippen LogP contribution in [0.1, 0.15) is 41.9 Å². The van der Waals surface area contributed by atoms with Crippen LogP contribution in [0.4, 0.5) is 5.82 Å². The largest absolute Gasteiger partial charge is 0.293 e. The molecule has 0 radical (unpaired) electrons. The highest BCUT2D eigenvalue weighted by atomic mass is 16.2. The Morgan fingerprint density at radius 3 is 2.75 bits per heavy atom. The standard InChI is InChI=1S/C18H19N5O/c1-3-23-16(10-15(21-23)12-8-9-12)18(24)22(2)17-11-19-13-6-4-5-7-14(13)20-17/h4-7,10-12H,3,8-9H2,1-2H3. The zero-order valence-corrected chi connectivity index (χ0v) is 13.8. The number of anilines is 1. The van der Waals surface area contributed by atoms with Gasteiger partial charge in [0.15, 0.2) is 5.82 Å². The fourth-order valence-corrected chi connectivity index (χ4v) is 2.81. The van der Waals surface area contributed by atoms with E-state index in [1.807, 2.05) is 37.3 Å². The summed E-state index contributed by atoms with van der Waals surface area (Å²) in [6.45, 7) is 2.67. The van der Waals surface area contributed by atoms with Crippen molar-refractivity contribution in [2.75, 3.05) is 11.9 Å². The fourth-order valence-electron chi connectivity index (χ4n) is 2.81. The minimum atomic E-state index is -0.110. The van der Waals surface area contributed by atoms with Crippen LogP contribution in [0.2, 0.25) is 0 Å². The highest BCUT2D eigenvalue weighted by molar-refractivity contribution is 6.04. The molecule has 0 bridgehead atoms. The quantitative estimate of drug-likeness (QED) is 0.741. The van der Waals surface area contributed by atoms with Crippen LogP contribution >= 0.6 is 0 Å². The molecule has 0 aliphatic heterocycles.